The summed E-state index contributed by atoms with van der Waals surface area (Å²) in [6.07, 6.45) is 3.82. The van der Waals surface area contributed by atoms with Crippen molar-refractivity contribution in [3.63, 3.8) is 0 Å². The van der Waals surface area contributed by atoms with Crippen molar-refractivity contribution in [2.24, 2.45) is 0 Å². The number of amides is 1. The van der Waals surface area contributed by atoms with Gasteiger partial charge in [0, 0.05) is 6.54 Å². The molecule has 1 aliphatic rings. The van der Waals surface area contributed by atoms with E-state index in [-0.39, 0.29) is 11.9 Å². The van der Waals surface area contributed by atoms with Gasteiger partial charge in [-0.1, -0.05) is 41.1 Å². The van der Waals surface area contributed by atoms with Crippen molar-refractivity contribution in [1.82, 2.24) is 19.5 Å². The van der Waals surface area contributed by atoms with E-state index in [4.69, 9.17) is 0 Å². The van der Waals surface area contributed by atoms with Crippen molar-refractivity contribution in [2.75, 3.05) is 6.54 Å². The summed E-state index contributed by atoms with van der Waals surface area (Å²) in [6, 6.07) is 8.64. The third kappa shape index (κ3) is 2.45. The van der Waals surface area contributed by atoms with Gasteiger partial charge in [0.1, 0.15) is 18.5 Å². The number of nitrogens with zero attached hydrogens (tertiary/aromatic N) is 4. The third-order valence-electron chi connectivity index (χ3n) is 4.43. The summed E-state index contributed by atoms with van der Waals surface area (Å²) in [5, 5.41) is 4.99. The predicted molar refractivity (Wildman–Crippen MR) is 93.2 cm³/mol. The molecular formula is C16H17BN4OS. The Morgan fingerprint density at radius 2 is 2.13 bits per heavy atom. The van der Waals surface area contributed by atoms with Crippen LogP contribution in [0, 0.1) is 6.92 Å². The summed E-state index contributed by atoms with van der Waals surface area (Å²) < 4.78 is 1.74. The molecule has 5 nitrogen and oxygen atoms in total. The number of likely N-dealkylation sites (tertiary alicyclic amines) is 1. The average molecular weight is 324 g/mol. The lowest BCUT2D eigenvalue weighted by Gasteiger charge is -2.24. The fourth-order valence-corrected chi connectivity index (χ4v) is 4.06. The normalized spacial score (nSPS) is 18.0. The predicted octanol–water partition coefficient (Wildman–Crippen LogP) is 1.33. The standard InChI is InChI=1S/C16H17BN4OS/c1-10-18-9-14-21(10)19-15(23-14)16(22)20-8-2-3-13(20)11-4-6-12(17)7-5-11/h4-7,9,13H,2-3,8,17H2,1H3. The zero-order chi connectivity index (χ0) is 16.0. The quantitative estimate of drug-likeness (QED) is 0.669. The van der Waals surface area contributed by atoms with Crippen molar-refractivity contribution in [1.29, 1.82) is 0 Å². The summed E-state index contributed by atoms with van der Waals surface area (Å²) in [5.74, 6) is 0.841. The molecule has 3 aromatic rings. The van der Waals surface area contributed by atoms with Crippen molar-refractivity contribution < 1.29 is 4.79 Å². The minimum absolute atomic E-state index is 0.0289. The maximum absolute atomic E-state index is 12.9. The number of hydrogen-bond acceptors (Lipinski definition) is 4. The Morgan fingerprint density at radius 3 is 2.87 bits per heavy atom. The average Bonchev–Trinajstić information content (AvgIpc) is 3.25. The first-order chi connectivity index (χ1) is 11.1. The summed E-state index contributed by atoms with van der Waals surface area (Å²) in [7, 11) is 2.08. The first-order valence-electron chi connectivity index (χ1n) is 7.82. The van der Waals surface area contributed by atoms with Crippen LogP contribution < -0.4 is 5.46 Å². The molecule has 0 radical (unpaired) electrons. The van der Waals surface area contributed by atoms with Gasteiger partial charge in [0.25, 0.3) is 5.91 Å². The molecule has 0 N–H and O–H groups in total. The van der Waals surface area contributed by atoms with Crippen LogP contribution in [0.3, 0.4) is 0 Å². The largest absolute Gasteiger partial charge is 0.329 e. The summed E-state index contributed by atoms with van der Waals surface area (Å²) >= 11 is 1.41. The van der Waals surface area contributed by atoms with Crippen LogP contribution in [0.4, 0.5) is 0 Å². The first kappa shape index (κ1) is 14.4. The lowest BCUT2D eigenvalue weighted by molar-refractivity contribution is 0.0734. The molecule has 1 atom stereocenters. The molecule has 1 amide bonds. The molecule has 1 aromatic carbocycles. The Kier molecular flexibility index (Phi) is 3.45. The highest BCUT2D eigenvalue weighted by Crippen LogP contribution is 2.33. The van der Waals surface area contributed by atoms with E-state index in [1.807, 2.05) is 11.8 Å². The second-order valence-corrected chi connectivity index (χ2v) is 7.04. The Hall–Kier alpha value is -2.15. The molecule has 0 bridgehead atoms. The summed E-state index contributed by atoms with van der Waals surface area (Å²) in [5.41, 5.74) is 2.45. The number of aryl methyl sites for hydroxylation is 1. The van der Waals surface area contributed by atoms with Crippen LogP contribution in [0.25, 0.3) is 4.83 Å². The van der Waals surface area contributed by atoms with Crippen LogP contribution in [-0.4, -0.2) is 39.8 Å². The van der Waals surface area contributed by atoms with Gasteiger partial charge < -0.3 is 4.90 Å². The van der Waals surface area contributed by atoms with Gasteiger partial charge in [-0.15, -0.1) is 5.10 Å². The van der Waals surface area contributed by atoms with Crippen molar-refractivity contribution in [3.8, 4) is 0 Å². The Morgan fingerprint density at radius 1 is 1.35 bits per heavy atom. The second-order valence-electron chi connectivity index (χ2n) is 6.03. The molecule has 23 heavy (non-hydrogen) atoms. The molecule has 7 heteroatoms. The fourth-order valence-electron chi connectivity index (χ4n) is 3.17. The van der Waals surface area contributed by atoms with E-state index in [0.29, 0.717) is 5.01 Å². The number of carbonyl (C=O) groups is 1. The van der Waals surface area contributed by atoms with E-state index in [2.05, 4.69) is 42.2 Å². The molecule has 1 aliphatic heterocycles. The minimum atomic E-state index is 0.0289. The van der Waals surface area contributed by atoms with Crippen LogP contribution in [0.5, 0.6) is 0 Å². The van der Waals surface area contributed by atoms with E-state index in [0.717, 1.165) is 30.0 Å². The zero-order valence-electron chi connectivity index (χ0n) is 13.2. The molecule has 0 aliphatic carbocycles. The minimum Gasteiger partial charge on any atom is -0.329 e. The highest BCUT2D eigenvalue weighted by molar-refractivity contribution is 7.18. The van der Waals surface area contributed by atoms with Crippen LogP contribution in [-0.2, 0) is 0 Å². The van der Waals surface area contributed by atoms with Crippen LogP contribution in [0.1, 0.15) is 40.1 Å². The maximum atomic E-state index is 12.9. The molecule has 1 unspecified atom stereocenters. The molecule has 1 fully saturated rings. The van der Waals surface area contributed by atoms with Gasteiger partial charge in [0.2, 0.25) is 5.01 Å². The first-order valence-corrected chi connectivity index (χ1v) is 8.64. The Balaban J connectivity index is 1.64. The Bertz CT molecular complexity index is 870. The smallest absolute Gasteiger partial charge is 0.285 e. The topological polar surface area (TPSA) is 50.5 Å². The van der Waals surface area contributed by atoms with Gasteiger partial charge in [0.15, 0.2) is 0 Å². The molecular weight excluding hydrogens is 307 g/mol. The molecule has 3 heterocycles. The number of imidazole rings is 1. The third-order valence-corrected chi connectivity index (χ3v) is 5.37. The number of aromatic nitrogens is 3. The van der Waals surface area contributed by atoms with Crippen LogP contribution in [0.2, 0.25) is 0 Å². The molecule has 0 spiro atoms. The molecule has 2 aromatic heterocycles. The summed E-state index contributed by atoms with van der Waals surface area (Å²) in [4.78, 5) is 20.0. The van der Waals surface area contributed by atoms with Gasteiger partial charge in [-0.25, -0.2) is 9.50 Å². The highest BCUT2D eigenvalue weighted by Gasteiger charge is 2.32. The van der Waals surface area contributed by atoms with Crippen molar-refractivity contribution in [3.05, 3.63) is 46.9 Å². The number of benzene rings is 1. The summed E-state index contributed by atoms with van der Waals surface area (Å²) in [6.45, 7) is 2.69. The van der Waals surface area contributed by atoms with E-state index in [9.17, 15) is 4.79 Å². The lowest BCUT2D eigenvalue weighted by Crippen LogP contribution is -2.30. The number of carbonyl (C=O) groups excluding carboxylic acids is 1. The number of fused-ring (bicyclic) bond motifs is 1. The number of hydrogen-bond donors (Lipinski definition) is 0. The van der Waals surface area contributed by atoms with E-state index < -0.39 is 0 Å². The van der Waals surface area contributed by atoms with Gasteiger partial charge >= 0.3 is 0 Å². The monoisotopic (exact) mass is 324 g/mol. The van der Waals surface area contributed by atoms with Crippen LogP contribution in [0.15, 0.2) is 30.5 Å². The van der Waals surface area contributed by atoms with Crippen molar-refractivity contribution >= 4 is 35.4 Å². The molecule has 116 valence electrons. The van der Waals surface area contributed by atoms with E-state index in [1.165, 1.54) is 22.4 Å². The van der Waals surface area contributed by atoms with Gasteiger partial charge in [-0.3, -0.25) is 4.79 Å². The SMILES string of the molecule is Bc1ccc(C2CCCN2C(=O)c2nn3c(C)ncc3s2)cc1. The Labute approximate surface area is 139 Å². The number of rotatable bonds is 2. The lowest BCUT2D eigenvalue weighted by atomic mass is 9.93. The van der Waals surface area contributed by atoms with Crippen LogP contribution >= 0.6 is 11.3 Å². The van der Waals surface area contributed by atoms with Gasteiger partial charge in [0.05, 0.1) is 12.2 Å². The van der Waals surface area contributed by atoms with E-state index >= 15 is 0 Å². The molecule has 4 rings (SSSR count). The van der Waals surface area contributed by atoms with E-state index in [1.54, 1.807) is 10.7 Å². The molecule has 0 saturated carbocycles. The fraction of sp³-hybridized carbons (Fsp3) is 0.312. The zero-order valence-corrected chi connectivity index (χ0v) is 14.0. The molecule has 1 saturated heterocycles. The highest BCUT2D eigenvalue weighted by atomic mass is 32.1. The van der Waals surface area contributed by atoms with Gasteiger partial charge in [-0.2, -0.15) is 0 Å². The second kappa shape index (κ2) is 5.49. The van der Waals surface area contributed by atoms with Crippen molar-refractivity contribution in [2.45, 2.75) is 25.8 Å². The van der Waals surface area contributed by atoms with Gasteiger partial charge in [-0.05, 0) is 25.3 Å². The maximum Gasteiger partial charge on any atom is 0.285 e.